The van der Waals surface area contributed by atoms with Crippen molar-refractivity contribution in [2.45, 2.75) is 39.8 Å². The van der Waals surface area contributed by atoms with Crippen LogP contribution in [0.1, 0.15) is 36.2 Å². The van der Waals surface area contributed by atoms with E-state index in [9.17, 15) is 0 Å². The summed E-state index contributed by atoms with van der Waals surface area (Å²) in [5.74, 6) is 1.16. The summed E-state index contributed by atoms with van der Waals surface area (Å²) in [6.07, 6.45) is 4.90. The number of hydrogen-bond acceptors (Lipinski definition) is 3. The maximum absolute atomic E-state index is 4.48. The summed E-state index contributed by atoms with van der Waals surface area (Å²) >= 11 is 1.83. The molecule has 0 aromatic carbocycles. The van der Waals surface area contributed by atoms with Crippen LogP contribution in [-0.2, 0) is 13.0 Å². The molecule has 0 saturated carbocycles. The smallest absolute Gasteiger partial charge is 0.110 e. The molecule has 0 spiro atoms. The third-order valence-electron chi connectivity index (χ3n) is 3.20. The number of aryl methyl sites for hydroxylation is 2. The fraction of sp³-hybridized carbons (Fsp3) is 0.500. The highest BCUT2D eigenvalue weighted by Gasteiger charge is 2.17. The number of nitrogens with zero attached hydrogens (tertiary/aromatic N) is 2. The zero-order chi connectivity index (χ0) is 13.0. The second-order valence-electron chi connectivity index (χ2n) is 4.41. The lowest BCUT2D eigenvalue weighted by Crippen LogP contribution is -2.24. The van der Waals surface area contributed by atoms with E-state index in [2.05, 4.69) is 53.3 Å². The van der Waals surface area contributed by atoms with Crippen molar-refractivity contribution in [3.63, 3.8) is 0 Å². The number of likely N-dealkylation sites (N-methyl/N-ethyl adjacent to an activating group) is 1. The molecule has 0 bridgehead atoms. The molecule has 1 N–H and O–H groups in total. The zero-order valence-corrected chi connectivity index (χ0v) is 12.1. The summed E-state index contributed by atoms with van der Waals surface area (Å²) in [6, 6.07) is 2.57. The summed E-state index contributed by atoms with van der Waals surface area (Å²) in [6.45, 7) is 8.46. The third-order valence-corrected chi connectivity index (χ3v) is 4.33. The van der Waals surface area contributed by atoms with Gasteiger partial charge in [0, 0.05) is 36.3 Å². The Bertz CT molecular complexity index is 487. The Morgan fingerprint density at radius 1 is 1.44 bits per heavy atom. The average molecular weight is 263 g/mol. The van der Waals surface area contributed by atoms with Crippen molar-refractivity contribution in [1.29, 1.82) is 0 Å². The van der Waals surface area contributed by atoms with E-state index in [0.717, 1.165) is 25.3 Å². The van der Waals surface area contributed by atoms with Crippen molar-refractivity contribution in [1.82, 2.24) is 14.9 Å². The quantitative estimate of drug-likeness (QED) is 0.867. The first-order valence-corrected chi connectivity index (χ1v) is 7.41. The monoisotopic (exact) mass is 263 g/mol. The Labute approximate surface area is 113 Å². The highest BCUT2D eigenvalue weighted by molar-refractivity contribution is 7.10. The van der Waals surface area contributed by atoms with Gasteiger partial charge in [0.2, 0.25) is 0 Å². The minimum Gasteiger partial charge on any atom is -0.335 e. The van der Waals surface area contributed by atoms with Gasteiger partial charge in [0.05, 0.1) is 0 Å². The number of imidazole rings is 1. The molecule has 3 nitrogen and oxygen atoms in total. The predicted molar refractivity (Wildman–Crippen MR) is 77.1 cm³/mol. The second kappa shape index (κ2) is 6.16. The van der Waals surface area contributed by atoms with E-state index in [1.54, 1.807) is 0 Å². The number of rotatable bonds is 6. The van der Waals surface area contributed by atoms with E-state index in [0.29, 0.717) is 6.04 Å². The lowest BCUT2D eigenvalue weighted by atomic mass is 10.1. The van der Waals surface area contributed by atoms with Crippen LogP contribution in [0.3, 0.4) is 0 Å². The van der Waals surface area contributed by atoms with E-state index in [4.69, 9.17) is 0 Å². The molecule has 98 valence electrons. The van der Waals surface area contributed by atoms with E-state index < -0.39 is 0 Å². The maximum Gasteiger partial charge on any atom is 0.110 e. The molecule has 1 atom stereocenters. The van der Waals surface area contributed by atoms with Crippen molar-refractivity contribution in [3.8, 4) is 0 Å². The van der Waals surface area contributed by atoms with Crippen LogP contribution in [0.2, 0.25) is 0 Å². The van der Waals surface area contributed by atoms with Gasteiger partial charge in [-0.25, -0.2) is 4.98 Å². The lowest BCUT2D eigenvalue weighted by molar-refractivity contribution is 0.527. The highest BCUT2D eigenvalue weighted by atomic mass is 32.1. The van der Waals surface area contributed by atoms with Gasteiger partial charge in [0.1, 0.15) is 5.82 Å². The van der Waals surface area contributed by atoms with Gasteiger partial charge in [0.15, 0.2) is 0 Å². The van der Waals surface area contributed by atoms with Gasteiger partial charge < -0.3 is 9.88 Å². The van der Waals surface area contributed by atoms with Gasteiger partial charge in [-0.1, -0.05) is 6.92 Å². The normalized spacial score (nSPS) is 12.8. The summed E-state index contributed by atoms with van der Waals surface area (Å²) < 4.78 is 2.22. The molecule has 0 aliphatic carbocycles. The third kappa shape index (κ3) is 2.82. The first-order valence-electron chi connectivity index (χ1n) is 6.53. The van der Waals surface area contributed by atoms with Crippen LogP contribution < -0.4 is 5.32 Å². The first-order chi connectivity index (χ1) is 8.76. The number of thiophene rings is 1. The van der Waals surface area contributed by atoms with Gasteiger partial charge >= 0.3 is 0 Å². The molecule has 2 heterocycles. The van der Waals surface area contributed by atoms with Gasteiger partial charge in [-0.2, -0.15) is 0 Å². The molecule has 1 unspecified atom stereocenters. The number of hydrogen-bond donors (Lipinski definition) is 1. The average Bonchev–Trinajstić information content (AvgIpc) is 2.97. The molecule has 2 aromatic rings. The Hall–Kier alpha value is -1.13. The molecule has 2 aromatic heterocycles. The molecule has 0 fully saturated rings. The largest absolute Gasteiger partial charge is 0.335 e. The molecule has 0 radical (unpaired) electrons. The van der Waals surface area contributed by atoms with E-state index in [-0.39, 0.29) is 0 Å². The van der Waals surface area contributed by atoms with Gasteiger partial charge in [-0.15, -0.1) is 11.3 Å². The minimum atomic E-state index is 0.378. The second-order valence-corrected chi connectivity index (χ2v) is 5.36. The molecular weight excluding hydrogens is 242 g/mol. The van der Waals surface area contributed by atoms with E-state index in [1.807, 2.05) is 17.5 Å². The summed E-state index contributed by atoms with van der Waals surface area (Å²) in [7, 11) is 0. The molecule has 0 aliphatic heterocycles. The fourth-order valence-corrected chi connectivity index (χ4v) is 3.25. The SMILES string of the molecule is CCNC(Cc1nccn1CC)c1sccc1C. The van der Waals surface area contributed by atoms with Gasteiger partial charge in [-0.05, 0) is 37.4 Å². The predicted octanol–water partition coefficient (Wildman–Crippen LogP) is 3.17. The van der Waals surface area contributed by atoms with Crippen LogP contribution in [0.15, 0.2) is 23.8 Å². The molecule has 18 heavy (non-hydrogen) atoms. The van der Waals surface area contributed by atoms with Crippen molar-refractivity contribution in [2.75, 3.05) is 6.54 Å². The molecule has 0 amide bonds. The van der Waals surface area contributed by atoms with Crippen molar-refractivity contribution in [3.05, 3.63) is 40.1 Å². The Morgan fingerprint density at radius 3 is 2.89 bits per heavy atom. The summed E-state index contributed by atoms with van der Waals surface area (Å²) in [5.41, 5.74) is 1.38. The Kier molecular flexibility index (Phi) is 4.55. The molecule has 4 heteroatoms. The standard InChI is InChI=1S/C14H21N3S/c1-4-15-12(14-11(3)6-9-18-14)10-13-16-7-8-17(13)5-2/h6-9,12,15H,4-5,10H2,1-3H3. The van der Waals surface area contributed by atoms with E-state index >= 15 is 0 Å². The maximum atomic E-state index is 4.48. The van der Waals surface area contributed by atoms with Crippen LogP contribution in [0.4, 0.5) is 0 Å². The van der Waals surface area contributed by atoms with Gasteiger partial charge in [-0.3, -0.25) is 0 Å². The topological polar surface area (TPSA) is 29.9 Å². The minimum absolute atomic E-state index is 0.378. The van der Waals surface area contributed by atoms with Crippen molar-refractivity contribution < 1.29 is 0 Å². The number of nitrogens with one attached hydrogen (secondary N) is 1. The van der Waals surface area contributed by atoms with Crippen LogP contribution in [-0.4, -0.2) is 16.1 Å². The Balaban J connectivity index is 2.19. The fourth-order valence-electron chi connectivity index (χ4n) is 2.25. The highest BCUT2D eigenvalue weighted by Crippen LogP contribution is 2.26. The molecular formula is C14H21N3S. The Morgan fingerprint density at radius 2 is 2.28 bits per heavy atom. The van der Waals surface area contributed by atoms with Gasteiger partial charge in [0.25, 0.3) is 0 Å². The first kappa shape index (κ1) is 13.3. The molecule has 0 saturated heterocycles. The zero-order valence-electron chi connectivity index (χ0n) is 11.3. The number of aromatic nitrogens is 2. The molecule has 2 rings (SSSR count). The van der Waals surface area contributed by atoms with E-state index in [1.165, 1.54) is 10.4 Å². The van der Waals surface area contributed by atoms with Crippen LogP contribution in [0.5, 0.6) is 0 Å². The molecule has 0 aliphatic rings. The van der Waals surface area contributed by atoms with Crippen molar-refractivity contribution >= 4 is 11.3 Å². The van der Waals surface area contributed by atoms with Crippen LogP contribution in [0, 0.1) is 6.92 Å². The lowest BCUT2D eigenvalue weighted by Gasteiger charge is -2.18. The van der Waals surface area contributed by atoms with Crippen LogP contribution >= 0.6 is 11.3 Å². The van der Waals surface area contributed by atoms with Crippen molar-refractivity contribution in [2.24, 2.45) is 0 Å². The van der Waals surface area contributed by atoms with Crippen LogP contribution in [0.25, 0.3) is 0 Å². The summed E-state index contributed by atoms with van der Waals surface area (Å²) in [4.78, 5) is 5.91. The summed E-state index contributed by atoms with van der Waals surface area (Å²) in [5, 5.41) is 5.74.